The maximum Gasteiger partial charge on any atom is 0.337 e. The van der Waals surface area contributed by atoms with Gasteiger partial charge in [0.25, 0.3) is 5.56 Å². The third-order valence-corrected chi connectivity index (χ3v) is 4.26. The fourth-order valence-electron chi connectivity index (χ4n) is 2.99. The number of aromatic amines is 1. The number of aromatic nitrogens is 2. The van der Waals surface area contributed by atoms with Crippen LogP contribution in [0, 0.1) is 0 Å². The van der Waals surface area contributed by atoms with Crippen LogP contribution in [0.1, 0.15) is 28.9 Å². The van der Waals surface area contributed by atoms with Gasteiger partial charge in [0.2, 0.25) is 5.91 Å². The van der Waals surface area contributed by atoms with E-state index < -0.39 is 17.6 Å². The predicted octanol–water partition coefficient (Wildman–Crippen LogP) is 1.95. The van der Waals surface area contributed by atoms with Gasteiger partial charge in [-0.05, 0) is 24.6 Å². The number of benzene rings is 1. The Bertz CT molecular complexity index is 1020. The first-order valence-electron chi connectivity index (χ1n) is 8.29. The van der Waals surface area contributed by atoms with Crippen LogP contribution in [0.3, 0.4) is 0 Å². The number of para-hydroxylation sites is 1. The summed E-state index contributed by atoms with van der Waals surface area (Å²) in [5.41, 5.74) is 1.34. The van der Waals surface area contributed by atoms with E-state index in [-0.39, 0.29) is 17.9 Å². The van der Waals surface area contributed by atoms with Crippen LogP contribution in [-0.2, 0) is 11.2 Å². The lowest BCUT2D eigenvalue weighted by Crippen LogP contribution is -2.38. The van der Waals surface area contributed by atoms with Gasteiger partial charge in [-0.1, -0.05) is 18.2 Å². The van der Waals surface area contributed by atoms with E-state index in [1.807, 2.05) is 30.5 Å². The number of hydrogen-bond acceptors (Lipinski definition) is 3. The molecule has 0 fully saturated rings. The van der Waals surface area contributed by atoms with Crippen LogP contribution >= 0.6 is 0 Å². The Morgan fingerprint density at radius 1 is 1.23 bits per heavy atom. The van der Waals surface area contributed by atoms with Crippen molar-refractivity contribution >= 4 is 22.8 Å². The number of carbonyl (C=O) groups is 2. The standard InChI is InChI=1S/C19H19N3O4/c1-2-20-18(24)16(22-11-12(19(25)26)7-8-17(22)23)9-13-10-21-15-6-4-3-5-14(13)15/h3-8,10-11,16,21H,2,9H2,1H3,(H,20,24)(H,25,26)/t16-/m0/s1. The molecular weight excluding hydrogens is 334 g/mol. The predicted molar refractivity (Wildman–Crippen MR) is 97.4 cm³/mol. The molecule has 2 aromatic heterocycles. The Kier molecular flexibility index (Phi) is 4.88. The molecule has 0 bridgehead atoms. The van der Waals surface area contributed by atoms with E-state index >= 15 is 0 Å². The van der Waals surface area contributed by atoms with Crippen LogP contribution in [0.25, 0.3) is 10.9 Å². The quantitative estimate of drug-likeness (QED) is 0.630. The molecule has 1 amide bonds. The second-order valence-electron chi connectivity index (χ2n) is 5.94. The van der Waals surface area contributed by atoms with Crippen molar-refractivity contribution in [3.05, 3.63) is 70.3 Å². The number of carbonyl (C=O) groups excluding carboxylic acids is 1. The minimum Gasteiger partial charge on any atom is -0.478 e. The van der Waals surface area contributed by atoms with Crippen molar-refractivity contribution < 1.29 is 14.7 Å². The molecule has 7 nitrogen and oxygen atoms in total. The number of likely N-dealkylation sites (N-methyl/N-ethyl adjacent to an activating group) is 1. The number of pyridine rings is 1. The summed E-state index contributed by atoms with van der Waals surface area (Å²) >= 11 is 0. The van der Waals surface area contributed by atoms with Gasteiger partial charge < -0.3 is 20.0 Å². The smallest absolute Gasteiger partial charge is 0.337 e. The fraction of sp³-hybridized carbons (Fsp3) is 0.211. The van der Waals surface area contributed by atoms with Crippen LogP contribution in [0.5, 0.6) is 0 Å². The van der Waals surface area contributed by atoms with Crippen LogP contribution < -0.4 is 10.9 Å². The molecular formula is C19H19N3O4. The van der Waals surface area contributed by atoms with E-state index in [9.17, 15) is 19.5 Å². The summed E-state index contributed by atoms with van der Waals surface area (Å²) < 4.78 is 1.19. The van der Waals surface area contributed by atoms with Crippen LogP contribution in [0.2, 0.25) is 0 Å². The number of fused-ring (bicyclic) bond motifs is 1. The highest BCUT2D eigenvalue weighted by Gasteiger charge is 2.23. The van der Waals surface area contributed by atoms with E-state index in [1.165, 1.54) is 22.9 Å². The Morgan fingerprint density at radius 3 is 2.73 bits per heavy atom. The largest absolute Gasteiger partial charge is 0.478 e. The summed E-state index contributed by atoms with van der Waals surface area (Å²) in [6.45, 7) is 2.20. The number of rotatable bonds is 6. The van der Waals surface area contributed by atoms with Gasteiger partial charge in [0.15, 0.2) is 0 Å². The van der Waals surface area contributed by atoms with Crippen LogP contribution in [-0.4, -0.2) is 33.1 Å². The van der Waals surface area contributed by atoms with Crippen molar-refractivity contribution in [2.75, 3.05) is 6.54 Å². The summed E-state index contributed by atoms with van der Waals surface area (Å²) in [6.07, 6.45) is 3.29. The molecule has 0 aliphatic carbocycles. The summed E-state index contributed by atoms with van der Waals surface area (Å²) in [7, 11) is 0. The molecule has 0 saturated heterocycles. The summed E-state index contributed by atoms with van der Waals surface area (Å²) in [5.74, 6) is -1.48. The molecule has 0 unspecified atom stereocenters. The third kappa shape index (κ3) is 3.37. The SMILES string of the molecule is CCNC(=O)[C@H](Cc1c[nH]c2ccccc12)n1cc(C(=O)O)ccc1=O. The van der Waals surface area contributed by atoms with Gasteiger partial charge in [0, 0.05) is 42.3 Å². The Labute approximate surface area is 149 Å². The lowest BCUT2D eigenvalue weighted by Gasteiger charge is -2.19. The average Bonchev–Trinajstić information content (AvgIpc) is 3.03. The topological polar surface area (TPSA) is 104 Å². The first kappa shape index (κ1) is 17.5. The van der Waals surface area contributed by atoms with Crippen molar-refractivity contribution in [3.8, 4) is 0 Å². The van der Waals surface area contributed by atoms with E-state index in [2.05, 4.69) is 10.3 Å². The highest BCUT2D eigenvalue weighted by molar-refractivity contribution is 5.88. The lowest BCUT2D eigenvalue weighted by atomic mass is 10.0. The van der Waals surface area contributed by atoms with Crippen LogP contribution in [0.15, 0.2) is 53.6 Å². The number of H-pyrrole nitrogens is 1. The number of carboxylic acid groups (broad SMARTS) is 1. The Hall–Kier alpha value is -3.35. The third-order valence-electron chi connectivity index (χ3n) is 4.26. The molecule has 0 spiro atoms. The molecule has 3 aromatic rings. The monoisotopic (exact) mass is 353 g/mol. The minimum atomic E-state index is -1.15. The summed E-state index contributed by atoms with van der Waals surface area (Å²) in [5, 5.41) is 12.9. The zero-order valence-corrected chi connectivity index (χ0v) is 14.2. The minimum absolute atomic E-state index is 0.0437. The van der Waals surface area contributed by atoms with Gasteiger partial charge in [-0.25, -0.2) is 4.79 Å². The maximum absolute atomic E-state index is 12.6. The van der Waals surface area contributed by atoms with E-state index in [4.69, 9.17) is 0 Å². The van der Waals surface area contributed by atoms with Gasteiger partial charge in [0.1, 0.15) is 6.04 Å². The molecule has 3 N–H and O–H groups in total. The number of nitrogens with one attached hydrogen (secondary N) is 2. The molecule has 0 aliphatic rings. The normalized spacial score (nSPS) is 12.0. The van der Waals surface area contributed by atoms with Crippen molar-refractivity contribution in [3.63, 3.8) is 0 Å². The van der Waals surface area contributed by atoms with E-state index in [0.29, 0.717) is 6.54 Å². The van der Waals surface area contributed by atoms with E-state index in [1.54, 1.807) is 6.92 Å². The molecule has 0 saturated carbocycles. The molecule has 134 valence electrons. The zero-order chi connectivity index (χ0) is 18.7. The molecule has 26 heavy (non-hydrogen) atoms. The van der Waals surface area contributed by atoms with Crippen molar-refractivity contribution in [1.82, 2.24) is 14.9 Å². The molecule has 1 aromatic carbocycles. The zero-order valence-electron chi connectivity index (χ0n) is 14.2. The Balaban J connectivity index is 2.06. The van der Waals surface area contributed by atoms with Crippen molar-refractivity contribution in [2.45, 2.75) is 19.4 Å². The van der Waals surface area contributed by atoms with Gasteiger partial charge in [-0.3, -0.25) is 9.59 Å². The number of carboxylic acids is 1. The second-order valence-corrected chi connectivity index (χ2v) is 5.94. The maximum atomic E-state index is 12.6. The number of hydrogen-bond donors (Lipinski definition) is 3. The van der Waals surface area contributed by atoms with Crippen molar-refractivity contribution in [1.29, 1.82) is 0 Å². The lowest BCUT2D eigenvalue weighted by molar-refractivity contribution is -0.124. The molecule has 0 radical (unpaired) electrons. The molecule has 2 heterocycles. The van der Waals surface area contributed by atoms with Gasteiger partial charge >= 0.3 is 5.97 Å². The highest BCUT2D eigenvalue weighted by atomic mass is 16.4. The number of amides is 1. The second kappa shape index (κ2) is 7.26. The molecule has 1 atom stereocenters. The highest BCUT2D eigenvalue weighted by Crippen LogP contribution is 2.22. The molecule has 0 aliphatic heterocycles. The van der Waals surface area contributed by atoms with E-state index in [0.717, 1.165) is 16.5 Å². The van der Waals surface area contributed by atoms with Gasteiger partial charge in [0.05, 0.1) is 5.56 Å². The number of aromatic carboxylic acids is 1. The Morgan fingerprint density at radius 2 is 2.00 bits per heavy atom. The molecule has 7 heteroatoms. The first-order chi connectivity index (χ1) is 12.5. The summed E-state index contributed by atoms with van der Waals surface area (Å²) in [6, 6.07) is 9.24. The number of nitrogens with zero attached hydrogens (tertiary/aromatic N) is 1. The molecule has 3 rings (SSSR count). The summed E-state index contributed by atoms with van der Waals surface area (Å²) in [4.78, 5) is 39.3. The van der Waals surface area contributed by atoms with Crippen molar-refractivity contribution in [2.24, 2.45) is 0 Å². The first-order valence-corrected chi connectivity index (χ1v) is 8.29. The van der Waals surface area contributed by atoms with Gasteiger partial charge in [-0.2, -0.15) is 0 Å². The van der Waals surface area contributed by atoms with Crippen LogP contribution in [0.4, 0.5) is 0 Å². The fourth-order valence-corrected chi connectivity index (χ4v) is 2.99. The average molecular weight is 353 g/mol. The van der Waals surface area contributed by atoms with Gasteiger partial charge in [-0.15, -0.1) is 0 Å².